The first-order valence-corrected chi connectivity index (χ1v) is 10.9. The van der Waals surface area contributed by atoms with E-state index in [1.807, 2.05) is 31.2 Å². The molecule has 1 aliphatic rings. The number of methoxy groups -OCH3 is 1. The fourth-order valence-corrected chi connectivity index (χ4v) is 3.85. The molecule has 0 atom stereocenters. The Morgan fingerprint density at radius 1 is 1.16 bits per heavy atom. The summed E-state index contributed by atoms with van der Waals surface area (Å²) in [5.74, 6) is 1.29. The summed E-state index contributed by atoms with van der Waals surface area (Å²) in [7, 11) is 1.52. The number of benzene rings is 1. The third-order valence-corrected chi connectivity index (χ3v) is 5.59. The fourth-order valence-electron chi connectivity index (χ4n) is 3.70. The lowest BCUT2D eigenvalue weighted by Crippen LogP contribution is -2.42. The summed E-state index contributed by atoms with van der Waals surface area (Å²) < 4.78 is 11.2. The highest BCUT2D eigenvalue weighted by Crippen LogP contribution is 2.33. The van der Waals surface area contributed by atoms with E-state index >= 15 is 0 Å². The summed E-state index contributed by atoms with van der Waals surface area (Å²) in [5, 5.41) is 6.90. The summed E-state index contributed by atoms with van der Waals surface area (Å²) in [6.45, 7) is 3.80. The molecule has 3 aromatic rings. The van der Waals surface area contributed by atoms with Crippen LogP contribution >= 0.6 is 11.6 Å². The number of hydrogen-bond donors (Lipinski definition) is 2. The first-order chi connectivity index (χ1) is 15.5. The Balaban J connectivity index is 1.52. The van der Waals surface area contributed by atoms with Gasteiger partial charge in [0.15, 0.2) is 5.75 Å². The molecule has 1 saturated heterocycles. The highest BCUT2D eigenvalue weighted by Gasteiger charge is 2.18. The van der Waals surface area contributed by atoms with Gasteiger partial charge in [0.25, 0.3) is 11.8 Å². The molecule has 1 aromatic carbocycles. The van der Waals surface area contributed by atoms with E-state index in [0.717, 1.165) is 42.8 Å². The standard InChI is InChI=1S/C24H25ClN4O3/c1-15-11-16(3-4-20(15)23(30)29-18-5-8-26-9-6-18)21-13-19(7-10-27-21)32-22-12-17(25)14-28-24(22)31-2/h3-4,7,10-14,18,26H,5-6,8-9H2,1-2H3,(H,29,30). The molecule has 0 spiro atoms. The summed E-state index contributed by atoms with van der Waals surface area (Å²) in [6, 6.07) is 11.1. The maximum absolute atomic E-state index is 12.7. The van der Waals surface area contributed by atoms with Gasteiger partial charge in [-0.3, -0.25) is 9.78 Å². The van der Waals surface area contributed by atoms with Crippen molar-refractivity contribution >= 4 is 17.5 Å². The smallest absolute Gasteiger partial charge is 0.257 e. The summed E-state index contributed by atoms with van der Waals surface area (Å²) in [5.41, 5.74) is 3.18. The second-order valence-corrected chi connectivity index (χ2v) is 8.10. The third-order valence-electron chi connectivity index (χ3n) is 5.38. The van der Waals surface area contributed by atoms with Crippen LogP contribution in [0.15, 0.2) is 48.8 Å². The molecule has 1 fully saturated rings. The van der Waals surface area contributed by atoms with Crippen LogP contribution in [0.5, 0.6) is 17.4 Å². The molecule has 4 rings (SSSR count). The summed E-state index contributed by atoms with van der Waals surface area (Å²) in [4.78, 5) is 21.3. The van der Waals surface area contributed by atoms with E-state index in [9.17, 15) is 4.79 Å². The molecule has 0 radical (unpaired) electrons. The molecule has 0 bridgehead atoms. The van der Waals surface area contributed by atoms with E-state index in [-0.39, 0.29) is 11.9 Å². The number of hydrogen-bond acceptors (Lipinski definition) is 6. The topological polar surface area (TPSA) is 85.4 Å². The number of aromatic nitrogens is 2. The number of rotatable bonds is 6. The van der Waals surface area contributed by atoms with E-state index in [4.69, 9.17) is 21.1 Å². The van der Waals surface area contributed by atoms with Crippen molar-refractivity contribution in [2.24, 2.45) is 0 Å². The van der Waals surface area contributed by atoms with E-state index in [0.29, 0.717) is 28.0 Å². The zero-order chi connectivity index (χ0) is 22.5. The molecular formula is C24H25ClN4O3. The molecule has 32 heavy (non-hydrogen) atoms. The van der Waals surface area contributed by atoms with Crippen LogP contribution in [0.2, 0.25) is 5.02 Å². The largest absolute Gasteiger partial charge is 0.478 e. The van der Waals surface area contributed by atoms with Crippen LogP contribution in [0, 0.1) is 6.92 Å². The molecule has 0 unspecified atom stereocenters. The molecule has 0 aliphatic carbocycles. The molecule has 2 N–H and O–H groups in total. The lowest BCUT2D eigenvalue weighted by Gasteiger charge is -2.24. The predicted molar refractivity (Wildman–Crippen MR) is 124 cm³/mol. The Hall–Kier alpha value is -3.16. The monoisotopic (exact) mass is 452 g/mol. The van der Waals surface area contributed by atoms with Crippen LogP contribution in [-0.2, 0) is 0 Å². The van der Waals surface area contributed by atoms with Gasteiger partial charge < -0.3 is 20.1 Å². The number of ether oxygens (including phenoxy) is 2. The average molecular weight is 453 g/mol. The Morgan fingerprint density at radius 3 is 2.72 bits per heavy atom. The zero-order valence-corrected chi connectivity index (χ0v) is 18.8. The van der Waals surface area contributed by atoms with Gasteiger partial charge in [0, 0.05) is 41.7 Å². The SMILES string of the molecule is COc1ncc(Cl)cc1Oc1ccnc(-c2ccc(C(=O)NC3CCNCC3)c(C)c2)c1. The number of piperidine rings is 1. The minimum absolute atomic E-state index is 0.0356. The molecule has 3 heterocycles. The Morgan fingerprint density at radius 2 is 1.97 bits per heavy atom. The predicted octanol–water partition coefficient (Wildman–Crippen LogP) is 4.39. The van der Waals surface area contributed by atoms with Gasteiger partial charge in [0.2, 0.25) is 0 Å². The van der Waals surface area contributed by atoms with Crippen molar-refractivity contribution in [1.82, 2.24) is 20.6 Å². The van der Waals surface area contributed by atoms with Crippen LogP contribution in [0.4, 0.5) is 0 Å². The van der Waals surface area contributed by atoms with E-state index in [2.05, 4.69) is 20.6 Å². The molecule has 0 saturated carbocycles. The minimum atomic E-state index is -0.0356. The van der Waals surface area contributed by atoms with Gasteiger partial charge in [-0.2, -0.15) is 0 Å². The van der Waals surface area contributed by atoms with Gasteiger partial charge in [0.1, 0.15) is 5.75 Å². The van der Waals surface area contributed by atoms with Gasteiger partial charge in [-0.05, 0) is 56.6 Å². The average Bonchev–Trinajstić information content (AvgIpc) is 2.80. The number of amides is 1. The Labute approximate surface area is 192 Å². The van der Waals surface area contributed by atoms with E-state index in [1.165, 1.54) is 13.3 Å². The van der Waals surface area contributed by atoms with Crippen molar-refractivity contribution in [3.8, 4) is 28.6 Å². The first-order valence-electron chi connectivity index (χ1n) is 10.5. The number of carbonyl (C=O) groups is 1. The normalized spacial score (nSPS) is 14.1. The lowest BCUT2D eigenvalue weighted by atomic mass is 10.0. The maximum atomic E-state index is 12.7. The summed E-state index contributed by atoms with van der Waals surface area (Å²) >= 11 is 6.04. The van der Waals surface area contributed by atoms with Crippen molar-refractivity contribution in [3.63, 3.8) is 0 Å². The van der Waals surface area contributed by atoms with Crippen molar-refractivity contribution in [1.29, 1.82) is 0 Å². The van der Waals surface area contributed by atoms with Crippen LogP contribution in [0.25, 0.3) is 11.3 Å². The highest BCUT2D eigenvalue weighted by atomic mass is 35.5. The van der Waals surface area contributed by atoms with Gasteiger partial charge in [0.05, 0.1) is 17.8 Å². The van der Waals surface area contributed by atoms with E-state index < -0.39 is 0 Å². The van der Waals surface area contributed by atoms with Gasteiger partial charge in [-0.25, -0.2) is 4.98 Å². The number of nitrogens with one attached hydrogen (secondary N) is 2. The lowest BCUT2D eigenvalue weighted by molar-refractivity contribution is 0.0929. The van der Waals surface area contributed by atoms with Gasteiger partial charge >= 0.3 is 0 Å². The van der Waals surface area contributed by atoms with Gasteiger partial charge in [-0.1, -0.05) is 17.7 Å². The van der Waals surface area contributed by atoms with Crippen molar-refractivity contribution in [3.05, 3.63) is 64.9 Å². The van der Waals surface area contributed by atoms with Crippen LogP contribution in [0.3, 0.4) is 0 Å². The second-order valence-electron chi connectivity index (χ2n) is 7.67. The fraction of sp³-hybridized carbons (Fsp3) is 0.292. The van der Waals surface area contributed by atoms with Crippen molar-refractivity contribution in [2.75, 3.05) is 20.2 Å². The highest BCUT2D eigenvalue weighted by molar-refractivity contribution is 6.30. The molecule has 7 nitrogen and oxygen atoms in total. The number of nitrogens with zero attached hydrogens (tertiary/aromatic N) is 2. The molecule has 1 aliphatic heterocycles. The molecule has 166 valence electrons. The first kappa shape index (κ1) is 22.0. The third kappa shape index (κ3) is 5.18. The Kier molecular flexibility index (Phi) is 6.87. The maximum Gasteiger partial charge on any atom is 0.257 e. The van der Waals surface area contributed by atoms with Crippen LogP contribution in [-0.4, -0.2) is 42.1 Å². The van der Waals surface area contributed by atoms with Crippen molar-refractivity contribution in [2.45, 2.75) is 25.8 Å². The second kappa shape index (κ2) is 9.97. The van der Waals surface area contributed by atoms with Gasteiger partial charge in [-0.15, -0.1) is 0 Å². The molecular weight excluding hydrogens is 428 g/mol. The molecule has 8 heteroatoms. The number of carbonyl (C=O) groups excluding carboxylic acids is 1. The number of aryl methyl sites for hydroxylation is 1. The van der Waals surface area contributed by atoms with Crippen molar-refractivity contribution < 1.29 is 14.3 Å². The number of pyridine rings is 2. The van der Waals surface area contributed by atoms with E-state index in [1.54, 1.807) is 18.3 Å². The molecule has 1 amide bonds. The Bertz CT molecular complexity index is 1120. The number of halogens is 1. The quantitative estimate of drug-likeness (QED) is 0.577. The van der Waals surface area contributed by atoms with Crippen LogP contribution in [0.1, 0.15) is 28.8 Å². The summed E-state index contributed by atoms with van der Waals surface area (Å²) in [6.07, 6.45) is 5.07. The zero-order valence-electron chi connectivity index (χ0n) is 18.0. The van der Waals surface area contributed by atoms with Crippen LogP contribution < -0.4 is 20.1 Å². The molecule has 2 aromatic heterocycles. The minimum Gasteiger partial charge on any atom is -0.478 e.